The number of likely N-dealkylation sites (tertiary alicyclic amines) is 1. The number of piperidine rings is 1. The maximum atomic E-state index is 14.1. The van der Waals surface area contributed by atoms with E-state index in [9.17, 15) is 32.3 Å². The molecule has 1 heterocycles. The van der Waals surface area contributed by atoms with Crippen LogP contribution in [-0.4, -0.2) is 54.0 Å². The number of carbonyl (C=O) groups excluding carboxylic acids is 2. The topological polar surface area (TPSA) is 88.1 Å². The number of halogens is 4. The molecule has 0 saturated carbocycles. The summed E-state index contributed by atoms with van der Waals surface area (Å²) in [6.45, 7) is 5.25. The van der Waals surface area contributed by atoms with Crippen molar-refractivity contribution in [1.29, 1.82) is 0 Å². The molecular weight excluding hydrogens is 412 g/mol. The molecular formula is C19H24F4N2O5. The van der Waals surface area contributed by atoms with Gasteiger partial charge in [0.2, 0.25) is 0 Å². The summed E-state index contributed by atoms with van der Waals surface area (Å²) in [5.74, 6) is -3.56. The van der Waals surface area contributed by atoms with E-state index in [1.165, 1.54) is 4.90 Å². The zero-order valence-electron chi connectivity index (χ0n) is 17.0. The molecule has 1 fully saturated rings. The van der Waals surface area contributed by atoms with Gasteiger partial charge in [0.05, 0.1) is 18.4 Å². The lowest BCUT2D eigenvalue weighted by Gasteiger charge is -2.39. The van der Waals surface area contributed by atoms with Crippen LogP contribution < -0.4 is 10.1 Å². The number of aliphatic hydroxyl groups is 1. The van der Waals surface area contributed by atoms with Crippen LogP contribution in [0.4, 0.5) is 28.0 Å². The maximum Gasteiger partial charge on any atom is 0.471 e. The molecule has 1 aliphatic heterocycles. The third-order valence-electron chi connectivity index (χ3n) is 4.51. The fraction of sp³-hybridized carbons (Fsp3) is 0.579. The summed E-state index contributed by atoms with van der Waals surface area (Å²) in [6.07, 6.45) is -5.85. The van der Waals surface area contributed by atoms with Crippen LogP contribution >= 0.6 is 0 Å². The first-order chi connectivity index (χ1) is 13.7. The largest absolute Gasteiger partial charge is 0.494 e. The summed E-state index contributed by atoms with van der Waals surface area (Å²) in [5.41, 5.74) is -3.07. The second kappa shape index (κ2) is 8.29. The van der Waals surface area contributed by atoms with Gasteiger partial charge in [0.1, 0.15) is 17.2 Å². The second-order valence-corrected chi connectivity index (χ2v) is 7.99. The van der Waals surface area contributed by atoms with E-state index >= 15 is 0 Å². The summed E-state index contributed by atoms with van der Waals surface area (Å²) >= 11 is 0. The molecule has 168 valence electrons. The number of rotatable bonds is 3. The molecule has 1 saturated heterocycles. The minimum atomic E-state index is -5.19. The molecule has 1 aliphatic rings. The number of ether oxygens (including phenoxy) is 2. The van der Waals surface area contributed by atoms with Gasteiger partial charge in [0.15, 0.2) is 0 Å². The van der Waals surface area contributed by atoms with Gasteiger partial charge in [-0.1, -0.05) is 0 Å². The van der Waals surface area contributed by atoms with Crippen molar-refractivity contribution in [2.45, 2.75) is 51.0 Å². The van der Waals surface area contributed by atoms with Gasteiger partial charge in [-0.25, -0.2) is 9.18 Å². The van der Waals surface area contributed by atoms with Gasteiger partial charge in [-0.05, 0) is 39.7 Å². The van der Waals surface area contributed by atoms with Crippen molar-refractivity contribution in [3.8, 4) is 5.75 Å². The number of benzene rings is 1. The number of nitrogens with zero attached hydrogens (tertiary/aromatic N) is 1. The van der Waals surface area contributed by atoms with E-state index in [-0.39, 0.29) is 37.2 Å². The smallest absolute Gasteiger partial charge is 0.471 e. The number of hydrogen-bond donors (Lipinski definition) is 2. The maximum absolute atomic E-state index is 14.1. The van der Waals surface area contributed by atoms with Gasteiger partial charge in [-0.15, -0.1) is 0 Å². The van der Waals surface area contributed by atoms with Crippen LogP contribution in [0.2, 0.25) is 0 Å². The second-order valence-electron chi connectivity index (χ2n) is 7.99. The van der Waals surface area contributed by atoms with Gasteiger partial charge in [-0.3, -0.25) is 4.79 Å². The first kappa shape index (κ1) is 23.7. The standard InChI is InChI=1S/C19H24F4N2O5/c1-17(2,3)30-16(27)25-7-5-18(28,6-8-25)12-9-11(20)10-13(14(12)29-4)24-15(26)19(21,22)23/h9-10,28H,5-8H2,1-4H3,(H,24,26). The van der Waals surface area contributed by atoms with Crippen molar-refractivity contribution in [1.82, 2.24) is 4.90 Å². The van der Waals surface area contributed by atoms with Crippen molar-refractivity contribution in [2.75, 3.05) is 25.5 Å². The third-order valence-corrected chi connectivity index (χ3v) is 4.51. The highest BCUT2D eigenvalue weighted by atomic mass is 19.4. The number of amides is 2. The van der Waals surface area contributed by atoms with Crippen molar-refractivity contribution < 1.29 is 41.7 Å². The number of nitrogens with one attached hydrogen (secondary N) is 1. The molecule has 0 aromatic heterocycles. The molecule has 11 heteroatoms. The Morgan fingerprint density at radius 2 is 1.73 bits per heavy atom. The predicted molar refractivity (Wildman–Crippen MR) is 98.6 cm³/mol. The quantitative estimate of drug-likeness (QED) is 0.708. The summed E-state index contributed by atoms with van der Waals surface area (Å²) in [4.78, 5) is 24.8. The van der Waals surface area contributed by atoms with Crippen molar-refractivity contribution in [3.63, 3.8) is 0 Å². The van der Waals surface area contributed by atoms with E-state index in [4.69, 9.17) is 9.47 Å². The van der Waals surface area contributed by atoms with E-state index in [2.05, 4.69) is 0 Å². The lowest BCUT2D eigenvalue weighted by atomic mass is 9.83. The van der Waals surface area contributed by atoms with Crippen molar-refractivity contribution >= 4 is 17.7 Å². The van der Waals surface area contributed by atoms with E-state index in [1.807, 2.05) is 0 Å². The normalized spacial score (nSPS) is 16.8. The van der Waals surface area contributed by atoms with E-state index in [1.54, 1.807) is 26.1 Å². The minimum Gasteiger partial charge on any atom is -0.494 e. The van der Waals surface area contributed by atoms with Gasteiger partial charge >= 0.3 is 18.2 Å². The summed E-state index contributed by atoms with van der Waals surface area (Å²) in [7, 11) is 1.12. The van der Waals surface area contributed by atoms with Crippen LogP contribution in [0, 0.1) is 5.82 Å². The Bertz CT molecular complexity index is 812. The Labute approximate surface area is 170 Å². The highest BCUT2D eigenvalue weighted by Gasteiger charge is 2.42. The lowest BCUT2D eigenvalue weighted by Crippen LogP contribution is -2.47. The monoisotopic (exact) mass is 436 g/mol. The number of anilines is 1. The average Bonchev–Trinajstić information content (AvgIpc) is 2.59. The number of methoxy groups -OCH3 is 1. The van der Waals surface area contributed by atoms with E-state index < -0.39 is 40.9 Å². The van der Waals surface area contributed by atoms with Crippen molar-refractivity contribution in [2.24, 2.45) is 0 Å². The van der Waals surface area contributed by atoms with Crippen LogP contribution in [-0.2, 0) is 15.1 Å². The number of alkyl halides is 3. The van der Waals surface area contributed by atoms with Crippen LogP contribution in [0.3, 0.4) is 0 Å². The zero-order valence-corrected chi connectivity index (χ0v) is 17.0. The fourth-order valence-electron chi connectivity index (χ4n) is 3.10. The van der Waals surface area contributed by atoms with Crippen LogP contribution in [0.1, 0.15) is 39.2 Å². The van der Waals surface area contributed by atoms with Gasteiger partial charge in [-0.2, -0.15) is 13.2 Å². The van der Waals surface area contributed by atoms with E-state index in [0.29, 0.717) is 6.07 Å². The molecule has 0 spiro atoms. The Morgan fingerprint density at radius 3 is 2.20 bits per heavy atom. The molecule has 1 aromatic carbocycles. The molecule has 0 atom stereocenters. The molecule has 7 nitrogen and oxygen atoms in total. The molecule has 2 N–H and O–H groups in total. The molecule has 0 bridgehead atoms. The number of hydrogen-bond acceptors (Lipinski definition) is 5. The Morgan fingerprint density at radius 1 is 1.17 bits per heavy atom. The van der Waals surface area contributed by atoms with Gasteiger partial charge < -0.3 is 24.8 Å². The zero-order chi connectivity index (χ0) is 22.9. The van der Waals surface area contributed by atoms with E-state index in [0.717, 1.165) is 13.2 Å². The predicted octanol–water partition coefficient (Wildman–Crippen LogP) is 3.55. The Kier molecular flexibility index (Phi) is 6.55. The van der Waals surface area contributed by atoms with Crippen molar-refractivity contribution in [3.05, 3.63) is 23.5 Å². The highest BCUT2D eigenvalue weighted by Crippen LogP contribution is 2.42. The molecule has 0 aliphatic carbocycles. The average molecular weight is 436 g/mol. The van der Waals surface area contributed by atoms with Crippen LogP contribution in [0.25, 0.3) is 0 Å². The number of carbonyl (C=O) groups is 2. The summed E-state index contributed by atoms with van der Waals surface area (Å²) in [6, 6.07) is 1.61. The minimum absolute atomic E-state index is 0.0429. The first-order valence-electron chi connectivity index (χ1n) is 9.13. The molecule has 30 heavy (non-hydrogen) atoms. The van der Waals surface area contributed by atoms with Gasteiger partial charge in [0.25, 0.3) is 0 Å². The first-order valence-corrected chi connectivity index (χ1v) is 9.13. The summed E-state index contributed by atoms with van der Waals surface area (Å²) in [5, 5.41) is 12.6. The molecule has 2 amide bonds. The van der Waals surface area contributed by atoms with Crippen LogP contribution in [0.5, 0.6) is 5.75 Å². The Hall–Kier alpha value is -2.56. The van der Waals surface area contributed by atoms with Gasteiger partial charge in [0, 0.05) is 24.7 Å². The summed E-state index contributed by atoms with van der Waals surface area (Å²) < 4.78 is 62.3. The fourth-order valence-corrected chi connectivity index (χ4v) is 3.10. The van der Waals surface area contributed by atoms with Crippen LogP contribution in [0.15, 0.2) is 12.1 Å². The lowest BCUT2D eigenvalue weighted by molar-refractivity contribution is -0.167. The molecule has 2 rings (SSSR count). The Balaban J connectivity index is 2.29. The third kappa shape index (κ3) is 5.53. The molecule has 0 radical (unpaired) electrons. The SMILES string of the molecule is COc1c(NC(=O)C(F)(F)F)cc(F)cc1C1(O)CCN(C(=O)OC(C)(C)C)CC1. The molecule has 0 unspecified atom stereocenters. The molecule has 1 aromatic rings. The highest BCUT2D eigenvalue weighted by molar-refractivity contribution is 5.96.